The molecule has 0 heterocycles. The van der Waals surface area contributed by atoms with Gasteiger partial charge >= 0.3 is 5.97 Å². The molecule has 3 nitrogen and oxygen atoms in total. The van der Waals surface area contributed by atoms with E-state index in [1.54, 1.807) is 0 Å². The number of aliphatic carboxylic acids is 1. The zero-order valence-corrected chi connectivity index (χ0v) is 12.0. The van der Waals surface area contributed by atoms with E-state index in [4.69, 9.17) is 0 Å². The molecule has 3 heteroatoms. The first-order valence-corrected chi connectivity index (χ1v) is 7.79. The number of hydrogen-bond donors (Lipinski definition) is 2. The number of hydrogen-bond acceptors (Lipinski definition) is 2. The Balaban J connectivity index is 1.79. The first-order valence-electron chi connectivity index (χ1n) is 7.79. The van der Waals surface area contributed by atoms with E-state index < -0.39 is 5.97 Å². The van der Waals surface area contributed by atoms with Gasteiger partial charge in [-0.05, 0) is 51.0 Å². The standard InChI is InChI=1S/C16H27NO2/c1-12(13-7-3-2-4-8-13)17-11-14-9-5-6-10-15(14)16(18)19/h5-6,12-15,17H,2-4,7-11H2,1H3,(H,18,19)/t12?,14-,15-/m1/s1. The first kappa shape index (κ1) is 14.6. The predicted molar refractivity (Wildman–Crippen MR) is 77.0 cm³/mol. The highest BCUT2D eigenvalue weighted by Gasteiger charge is 2.29. The third-order valence-electron chi connectivity index (χ3n) is 4.94. The Morgan fingerprint density at radius 1 is 1.26 bits per heavy atom. The Morgan fingerprint density at radius 3 is 2.63 bits per heavy atom. The maximum atomic E-state index is 11.2. The average molecular weight is 265 g/mol. The minimum Gasteiger partial charge on any atom is -0.481 e. The van der Waals surface area contributed by atoms with Crippen molar-refractivity contribution >= 4 is 5.97 Å². The molecule has 2 aliphatic carbocycles. The fourth-order valence-electron chi connectivity index (χ4n) is 3.54. The molecule has 0 aromatic heterocycles. The van der Waals surface area contributed by atoms with Crippen LogP contribution < -0.4 is 5.32 Å². The smallest absolute Gasteiger partial charge is 0.307 e. The monoisotopic (exact) mass is 265 g/mol. The lowest BCUT2D eigenvalue weighted by molar-refractivity contribution is -0.143. The molecule has 0 aliphatic heterocycles. The Kier molecular flexibility index (Phi) is 5.44. The molecular formula is C16H27NO2. The number of rotatable bonds is 5. The number of carbonyl (C=O) groups is 1. The molecule has 0 spiro atoms. The fraction of sp³-hybridized carbons (Fsp3) is 0.812. The van der Waals surface area contributed by atoms with Gasteiger partial charge in [-0.1, -0.05) is 31.4 Å². The molecule has 0 amide bonds. The first-order chi connectivity index (χ1) is 9.18. The Bertz CT molecular complexity index is 321. The van der Waals surface area contributed by atoms with Crippen LogP contribution >= 0.6 is 0 Å². The summed E-state index contributed by atoms with van der Waals surface area (Å²) >= 11 is 0. The molecule has 0 aromatic rings. The lowest BCUT2D eigenvalue weighted by Crippen LogP contribution is -2.40. The van der Waals surface area contributed by atoms with Crippen molar-refractivity contribution in [2.45, 2.75) is 57.9 Å². The van der Waals surface area contributed by atoms with E-state index in [1.165, 1.54) is 32.1 Å². The molecule has 3 atom stereocenters. The van der Waals surface area contributed by atoms with Gasteiger partial charge in [0, 0.05) is 6.04 Å². The van der Waals surface area contributed by atoms with Crippen LogP contribution in [-0.2, 0) is 4.79 Å². The van der Waals surface area contributed by atoms with Crippen LogP contribution in [0.25, 0.3) is 0 Å². The molecule has 1 saturated carbocycles. The topological polar surface area (TPSA) is 49.3 Å². The van der Waals surface area contributed by atoms with Crippen LogP contribution in [0.2, 0.25) is 0 Å². The fourth-order valence-corrected chi connectivity index (χ4v) is 3.54. The minimum absolute atomic E-state index is 0.198. The normalized spacial score (nSPS) is 30.2. The summed E-state index contributed by atoms with van der Waals surface area (Å²) in [5, 5.41) is 12.9. The molecule has 0 saturated heterocycles. The third kappa shape index (κ3) is 4.07. The molecule has 0 aromatic carbocycles. The van der Waals surface area contributed by atoms with Gasteiger partial charge in [-0.2, -0.15) is 0 Å². The summed E-state index contributed by atoms with van der Waals surface area (Å²) < 4.78 is 0. The van der Waals surface area contributed by atoms with Crippen LogP contribution in [0.1, 0.15) is 51.9 Å². The summed E-state index contributed by atoms with van der Waals surface area (Å²) in [5.74, 6) is 0.210. The molecule has 108 valence electrons. The second-order valence-electron chi connectivity index (χ2n) is 6.24. The highest BCUT2D eigenvalue weighted by Crippen LogP contribution is 2.28. The van der Waals surface area contributed by atoms with Gasteiger partial charge in [-0.25, -0.2) is 0 Å². The molecule has 1 fully saturated rings. The average Bonchev–Trinajstić information content (AvgIpc) is 2.46. The predicted octanol–water partition coefficient (Wildman–Crippen LogP) is 3.21. The molecular weight excluding hydrogens is 238 g/mol. The van der Waals surface area contributed by atoms with E-state index in [1.807, 2.05) is 6.08 Å². The van der Waals surface area contributed by atoms with Crippen LogP contribution in [-0.4, -0.2) is 23.7 Å². The largest absolute Gasteiger partial charge is 0.481 e. The summed E-state index contributed by atoms with van der Waals surface area (Å²) in [6, 6.07) is 0.528. The Morgan fingerprint density at radius 2 is 1.95 bits per heavy atom. The summed E-state index contributed by atoms with van der Waals surface area (Å²) in [7, 11) is 0. The molecule has 0 radical (unpaired) electrons. The lowest BCUT2D eigenvalue weighted by Gasteiger charge is -2.31. The van der Waals surface area contributed by atoms with Crippen molar-refractivity contribution in [1.29, 1.82) is 0 Å². The van der Waals surface area contributed by atoms with Crippen LogP contribution in [0.5, 0.6) is 0 Å². The molecule has 2 N–H and O–H groups in total. The second-order valence-corrected chi connectivity index (χ2v) is 6.24. The van der Waals surface area contributed by atoms with Crippen molar-refractivity contribution in [3.63, 3.8) is 0 Å². The van der Waals surface area contributed by atoms with E-state index in [2.05, 4.69) is 18.3 Å². The van der Waals surface area contributed by atoms with E-state index in [-0.39, 0.29) is 11.8 Å². The lowest BCUT2D eigenvalue weighted by atomic mass is 9.81. The minimum atomic E-state index is -0.638. The molecule has 1 unspecified atom stereocenters. The van der Waals surface area contributed by atoms with Gasteiger partial charge in [-0.3, -0.25) is 4.79 Å². The van der Waals surface area contributed by atoms with Gasteiger partial charge in [0.25, 0.3) is 0 Å². The second kappa shape index (κ2) is 7.09. The highest BCUT2D eigenvalue weighted by atomic mass is 16.4. The Labute approximate surface area is 116 Å². The van der Waals surface area contributed by atoms with Gasteiger partial charge in [0.15, 0.2) is 0 Å². The van der Waals surface area contributed by atoms with Crippen LogP contribution in [0.4, 0.5) is 0 Å². The van der Waals surface area contributed by atoms with Crippen molar-refractivity contribution in [2.24, 2.45) is 17.8 Å². The summed E-state index contributed by atoms with van der Waals surface area (Å²) in [6.45, 7) is 3.11. The van der Waals surface area contributed by atoms with Gasteiger partial charge in [0.05, 0.1) is 5.92 Å². The summed E-state index contributed by atoms with van der Waals surface area (Å²) in [4.78, 5) is 11.2. The van der Waals surface area contributed by atoms with Crippen molar-refractivity contribution in [2.75, 3.05) is 6.54 Å². The van der Waals surface area contributed by atoms with E-state index in [0.717, 1.165) is 18.9 Å². The maximum Gasteiger partial charge on any atom is 0.307 e. The van der Waals surface area contributed by atoms with Crippen molar-refractivity contribution in [1.82, 2.24) is 5.32 Å². The highest BCUT2D eigenvalue weighted by molar-refractivity contribution is 5.70. The van der Waals surface area contributed by atoms with Crippen LogP contribution in [0.3, 0.4) is 0 Å². The van der Waals surface area contributed by atoms with E-state index >= 15 is 0 Å². The molecule has 2 aliphatic rings. The van der Waals surface area contributed by atoms with Gasteiger partial charge < -0.3 is 10.4 Å². The number of allylic oxidation sites excluding steroid dienone is 2. The third-order valence-corrected chi connectivity index (χ3v) is 4.94. The van der Waals surface area contributed by atoms with Crippen LogP contribution in [0, 0.1) is 17.8 Å². The zero-order valence-electron chi connectivity index (χ0n) is 12.0. The van der Waals surface area contributed by atoms with Crippen molar-refractivity contribution < 1.29 is 9.90 Å². The summed E-state index contributed by atoms with van der Waals surface area (Å²) in [6.07, 6.45) is 12.5. The van der Waals surface area contributed by atoms with E-state index in [9.17, 15) is 9.90 Å². The van der Waals surface area contributed by atoms with Gasteiger partial charge in [0.2, 0.25) is 0 Å². The van der Waals surface area contributed by atoms with Gasteiger partial charge in [0.1, 0.15) is 0 Å². The number of carboxylic acid groups (broad SMARTS) is 1. The molecule has 19 heavy (non-hydrogen) atoms. The number of carboxylic acids is 1. The van der Waals surface area contributed by atoms with Crippen molar-refractivity contribution in [3.8, 4) is 0 Å². The quantitative estimate of drug-likeness (QED) is 0.750. The molecule has 2 rings (SSSR count). The van der Waals surface area contributed by atoms with Crippen LogP contribution in [0.15, 0.2) is 12.2 Å². The summed E-state index contributed by atoms with van der Waals surface area (Å²) in [5.41, 5.74) is 0. The maximum absolute atomic E-state index is 11.2. The van der Waals surface area contributed by atoms with E-state index in [0.29, 0.717) is 12.5 Å². The Hall–Kier alpha value is -0.830. The SMILES string of the molecule is CC(NC[C@H]1CC=CC[C@H]1C(=O)O)C1CCCCC1. The molecule has 0 bridgehead atoms. The van der Waals surface area contributed by atoms with Crippen molar-refractivity contribution in [3.05, 3.63) is 12.2 Å². The zero-order chi connectivity index (χ0) is 13.7. The van der Waals surface area contributed by atoms with Gasteiger partial charge in [-0.15, -0.1) is 0 Å². The number of nitrogens with one attached hydrogen (secondary N) is 1.